The highest BCUT2D eigenvalue weighted by Gasteiger charge is 2.31. The minimum absolute atomic E-state index is 0.116. The summed E-state index contributed by atoms with van der Waals surface area (Å²) in [5, 5.41) is 22.4. The maximum atomic E-state index is 11.2. The number of hydrogen-bond donors (Lipinski definition) is 4. The molecule has 0 aromatic rings. The smallest absolute Gasteiger partial charge is 0.0789 e. The molecule has 0 heterocycles. The molecule has 0 saturated carbocycles. The quantitative estimate of drug-likeness (QED) is 0.0277. The fourth-order valence-electron chi connectivity index (χ4n) is 8.37. The van der Waals surface area contributed by atoms with Gasteiger partial charge < -0.3 is 21.7 Å². The fraction of sp³-hybridized carbons (Fsp3) is 0.852. The number of aliphatic hydroxyl groups is 2. The van der Waals surface area contributed by atoms with Crippen LogP contribution in [0.2, 0.25) is 0 Å². The molecule has 60 heavy (non-hydrogen) atoms. The summed E-state index contributed by atoms with van der Waals surface area (Å²) in [4.78, 5) is 5.16. The van der Waals surface area contributed by atoms with Gasteiger partial charge in [0.05, 0.1) is 18.4 Å². The van der Waals surface area contributed by atoms with E-state index in [0.717, 1.165) is 51.5 Å². The summed E-state index contributed by atoms with van der Waals surface area (Å²) in [5.74, 6) is 0. The molecule has 0 bridgehead atoms. The van der Waals surface area contributed by atoms with Crippen LogP contribution in [-0.2, 0) is 0 Å². The highest BCUT2D eigenvalue weighted by atomic mass is 16.3. The largest absolute Gasteiger partial charge is 0.390 e. The Bertz CT molecular complexity index is 967. The lowest BCUT2D eigenvalue weighted by Crippen LogP contribution is -2.57. The molecule has 0 saturated heterocycles. The van der Waals surface area contributed by atoms with E-state index >= 15 is 0 Å². The van der Waals surface area contributed by atoms with Gasteiger partial charge in [0.25, 0.3) is 0 Å². The molecule has 0 rings (SSSR count). The van der Waals surface area contributed by atoms with Gasteiger partial charge in [-0.2, -0.15) is 0 Å². The Hall–Kier alpha value is -1.28. The van der Waals surface area contributed by atoms with Crippen molar-refractivity contribution in [1.29, 1.82) is 0 Å². The number of allylic oxidation sites excluding steroid dienone is 7. The number of aliphatic hydroxyl groups excluding tert-OH is 2. The Kier molecular flexibility index (Phi) is 46.2. The molecular weight excluding hydrogens is 737 g/mol. The third-order valence-corrected chi connectivity index (χ3v) is 12.2. The van der Waals surface area contributed by atoms with Gasteiger partial charge in [-0.1, -0.05) is 218 Å². The van der Waals surface area contributed by atoms with Crippen molar-refractivity contribution >= 4 is 0 Å². The first-order chi connectivity index (χ1) is 29.5. The predicted molar refractivity (Wildman–Crippen MR) is 268 cm³/mol. The second-order valence-electron chi connectivity index (χ2n) is 18.1. The molecular formula is C54H106N4O2. The van der Waals surface area contributed by atoms with E-state index in [2.05, 4.69) is 86.1 Å². The van der Waals surface area contributed by atoms with Crippen LogP contribution in [-0.4, -0.2) is 77.2 Å². The van der Waals surface area contributed by atoms with Crippen molar-refractivity contribution in [3.63, 3.8) is 0 Å². The number of nitrogens with zero attached hydrogens (tertiary/aromatic N) is 2. The summed E-state index contributed by atoms with van der Waals surface area (Å²) in [5.41, 5.74) is 12.3. The molecule has 0 aliphatic rings. The molecule has 0 aromatic carbocycles. The maximum Gasteiger partial charge on any atom is 0.0789 e. The van der Waals surface area contributed by atoms with Crippen molar-refractivity contribution in [2.75, 3.05) is 32.7 Å². The lowest BCUT2D eigenvalue weighted by atomic mass is 10.00. The van der Waals surface area contributed by atoms with Gasteiger partial charge in [0.1, 0.15) is 0 Å². The SMILES string of the molecule is CCCCC/C=C\C/C=C\C(CCCCCCC)N(CC(O)CN)C(CCCCCCCCCCC)N(CCCCCCCC/C=C/C/C=C\CCCCC)CC(O)CN. The Morgan fingerprint density at radius 3 is 1.30 bits per heavy atom. The first kappa shape index (κ1) is 58.7. The van der Waals surface area contributed by atoms with E-state index in [4.69, 9.17) is 11.5 Å². The van der Waals surface area contributed by atoms with Crippen molar-refractivity contribution in [3.8, 4) is 0 Å². The van der Waals surface area contributed by atoms with Gasteiger partial charge in [-0.3, -0.25) is 9.80 Å². The zero-order valence-electron chi connectivity index (χ0n) is 40.7. The van der Waals surface area contributed by atoms with Gasteiger partial charge in [-0.25, -0.2) is 0 Å². The summed E-state index contributed by atoms with van der Waals surface area (Å²) >= 11 is 0. The number of hydrogen-bond acceptors (Lipinski definition) is 6. The van der Waals surface area contributed by atoms with Crippen LogP contribution in [0.3, 0.4) is 0 Å². The van der Waals surface area contributed by atoms with Crippen LogP contribution in [0.15, 0.2) is 48.6 Å². The average Bonchev–Trinajstić information content (AvgIpc) is 3.26. The van der Waals surface area contributed by atoms with Crippen molar-refractivity contribution < 1.29 is 10.2 Å². The van der Waals surface area contributed by atoms with Crippen molar-refractivity contribution in [2.24, 2.45) is 11.5 Å². The van der Waals surface area contributed by atoms with E-state index in [1.807, 2.05) is 0 Å². The normalized spacial score (nSPS) is 14.6. The highest BCUT2D eigenvalue weighted by Crippen LogP contribution is 2.25. The Balaban J connectivity index is 5.96. The van der Waals surface area contributed by atoms with Crippen LogP contribution in [0.4, 0.5) is 0 Å². The van der Waals surface area contributed by atoms with Gasteiger partial charge in [0.15, 0.2) is 0 Å². The molecule has 0 spiro atoms. The van der Waals surface area contributed by atoms with Crippen LogP contribution < -0.4 is 11.5 Å². The first-order valence-corrected chi connectivity index (χ1v) is 26.4. The third-order valence-electron chi connectivity index (χ3n) is 12.2. The summed E-state index contributed by atoms with van der Waals surface area (Å²) in [7, 11) is 0. The molecule has 4 atom stereocenters. The van der Waals surface area contributed by atoms with Gasteiger partial charge >= 0.3 is 0 Å². The second-order valence-corrected chi connectivity index (χ2v) is 18.1. The summed E-state index contributed by atoms with van der Waals surface area (Å²) in [6, 6.07) is 0.207. The topological polar surface area (TPSA) is 99.0 Å². The highest BCUT2D eigenvalue weighted by molar-refractivity contribution is 5.01. The maximum absolute atomic E-state index is 11.2. The third kappa shape index (κ3) is 37.3. The molecule has 0 aromatic heterocycles. The van der Waals surface area contributed by atoms with E-state index < -0.39 is 12.2 Å². The lowest BCUT2D eigenvalue weighted by Gasteiger charge is -2.45. The molecule has 6 heteroatoms. The minimum Gasteiger partial charge on any atom is -0.390 e. The fourth-order valence-corrected chi connectivity index (χ4v) is 8.37. The van der Waals surface area contributed by atoms with Crippen LogP contribution in [0, 0.1) is 0 Å². The summed E-state index contributed by atoms with van der Waals surface area (Å²) < 4.78 is 0. The second kappa shape index (κ2) is 47.2. The summed E-state index contributed by atoms with van der Waals surface area (Å²) in [6.07, 6.45) is 58.7. The van der Waals surface area contributed by atoms with Gasteiger partial charge in [-0.05, 0) is 77.2 Å². The molecule has 0 amide bonds. The number of nitrogens with two attached hydrogens (primary N) is 2. The van der Waals surface area contributed by atoms with Crippen LogP contribution in [0.25, 0.3) is 0 Å². The molecule has 0 aliphatic heterocycles. The number of unbranched alkanes of at least 4 members (excludes halogenated alkanes) is 24. The zero-order valence-corrected chi connectivity index (χ0v) is 40.7. The molecule has 6 nitrogen and oxygen atoms in total. The first-order valence-electron chi connectivity index (χ1n) is 26.4. The molecule has 6 N–H and O–H groups in total. The number of rotatable bonds is 47. The van der Waals surface area contributed by atoms with E-state index in [1.165, 1.54) is 167 Å². The van der Waals surface area contributed by atoms with Crippen LogP contribution in [0.1, 0.15) is 240 Å². The molecule has 0 radical (unpaired) electrons. The Morgan fingerprint density at radius 2 is 0.800 bits per heavy atom. The monoisotopic (exact) mass is 843 g/mol. The Labute approximate surface area is 375 Å². The van der Waals surface area contributed by atoms with Crippen molar-refractivity contribution in [1.82, 2.24) is 9.80 Å². The minimum atomic E-state index is -0.590. The predicted octanol–water partition coefficient (Wildman–Crippen LogP) is 14.1. The van der Waals surface area contributed by atoms with Crippen molar-refractivity contribution in [3.05, 3.63) is 48.6 Å². The standard InChI is InChI=1S/C54H106N4O2/c1-5-9-13-17-20-23-24-25-26-27-28-29-31-34-38-42-46-57(49-52(59)47-55)54(45-41-37-33-30-21-18-14-10-6-2)58(50-53(60)48-56)51(43-39-35-16-12-8-4)44-40-36-32-22-19-15-11-7-3/h20,22-23,25-26,32,40,44,51-54,59-60H,5-19,21,24,27-31,33-39,41-43,45-50,55-56H2,1-4H3/b23-20-,26-25+,32-22-,44-40-. The average molecular weight is 843 g/mol. The van der Waals surface area contributed by atoms with Crippen LogP contribution in [0.5, 0.6) is 0 Å². The summed E-state index contributed by atoms with van der Waals surface area (Å²) in [6.45, 7) is 11.7. The molecule has 0 aliphatic carbocycles. The van der Waals surface area contributed by atoms with E-state index in [-0.39, 0.29) is 25.3 Å². The van der Waals surface area contributed by atoms with Gasteiger partial charge in [0, 0.05) is 32.2 Å². The zero-order chi connectivity index (χ0) is 44.0. The van der Waals surface area contributed by atoms with E-state index in [9.17, 15) is 10.2 Å². The lowest BCUT2D eigenvalue weighted by molar-refractivity contribution is -0.0302. The van der Waals surface area contributed by atoms with Gasteiger partial charge in [-0.15, -0.1) is 0 Å². The van der Waals surface area contributed by atoms with E-state index in [1.54, 1.807) is 0 Å². The van der Waals surface area contributed by atoms with Crippen molar-refractivity contribution in [2.45, 2.75) is 264 Å². The molecule has 354 valence electrons. The van der Waals surface area contributed by atoms with E-state index in [0.29, 0.717) is 13.1 Å². The van der Waals surface area contributed by atoms with Crippen LogP contribution >= 0.6 is 0 Å². The molecule has 0 fully saturated rings. The molecule has 4 unspecified atom stereocenters. The Morgan fingerprint density at radius 1 is 0.417 bits per heavy atom. The van der Waals surface area contributed by atoms with Gasteiger partial charge in [0.2, 0.25) is 0 Å².